The van der Waals surface area contributed by atoms with Crippen molar-refractivity contribution in [3.8, 4) is 0 Å². The Kier molecular flexibility index (Phi) is 15.2. The number of ether oxygens (including phenoxy) is 1. The molecule has 2 amide bonds. The third kappa shape index (κ3) is 8.31. The maximum Gasteiger partial charge on any atom is 2.00 e. The van der Waals surface area contributed by atoms with Crippen LogP contribution in [-0.2, 0) is 24.7 Å². The van der Waals surface area contributed by atoms with Crippen molar-refractivity contribution in [2.45, 2.75) is 102 Å². The predicted octanol–water partition coefficient (Wildman–Crippen LogP) is 5.98. The van der Waals surface area contributed by atoms with Crippen LogP contribution in [-0.4, -0.2) is 91.1 Å². The molecule has 2 aromatic rings. The first kappa shape index (κ1) is 39.0. The number of hydrogen-bond donors (Lipinski definition) is 1. The first-order valence-corrected chi connectivity index (χ1v) is 13.6. The van der Waals surface area contributed by atoms with Gasteiger partial charge in [0.15, 0.2) is 5.60 Å². The first-order chi connectivity index (χ1) is 18.4. The first-order valence-electron chi connectivity index (χ1n) is 13.6. The summed E-state index contributed by atoms with van der Waals surface area (Å²) in [6.07, 6.45) is -0.257. The second-order valence-corrected chi connectivity index (χ2v) is 11.1. The molecule has 0 aliphatic carbocycles. The van der Waals surface area contributed by atoms with Crippen molar-refractivity contribution in [1.29, 1.82) is 0 Å². The Balaban J connectivity index is 0. The van der Waals surface area contributed by atoms with Crippen molar-refractivity contribution in [1.82, 2.24) is 10.2 Å². The molecule has 8 heteroatoms. The number of carbonyl (C=O) groups excluding carboxylic acids is 4. The average molecular weight is 690 g/mol. The van der Waals surface area contributed by atoms with Crippen LogP contribution in [0.15, 0.2) is 0 Å². The number of benzene rings is 2. The molecule has 0 aliphatic heterocycles. The third-order valence-corrected chi connectivity index (χ3v) is 8.82. The van der Waals surface area contributed by atoms with Crippen LogP contribution < -0.4 is 5.32 Å². The van der Waals surface area contributed by atoms with E-state index >= 15 is 0 Å². The van der Waals surface area contributed by atoms with E-state index < -0.39 is 11.7 Å². The van der Waals surface area contributed by atoms with E-state index in [1.165, 1.54) is 33.4 Å². The number of carbonyl (C=O) groups is 2. The minimum Gasteiger partial charge on any atom is -1.00 e. The van der Waals surface area contributed by atoms with Gasteiger partial charge in [-0.05, 0) is 146 Å². The fourth-order valence-corrected chi connectivity index (χ4v) is 5.83. The summed E-state index contributed by atoms with van der Waals surface area (Å²) in [5, 5.41) is 2.89. The van der Waals surface area contributed by atoms with E-state index in [1.807, 2.05) is 20.8 Å². The van der Waals surface area contributed by atoms with Crippen molar-refractivity contribution >= 4 is 67.0 Å². The van der Waals surface area contributed by atoms with Gasteiger partial charge in [-0.15, -0.1) is 0 Å². The zero-order chi connectivity index (χ0) is 31.3. The molecule has 0 bridgehead atoms. The predicted molar refractivity (Wildman–Crippen MR) is 165 cm³/mol. The molecule has 222 valence electrons. The van der Waals surface area contributed by atoms with E-state index in [9.17, 15) is 9.59 Å². The summed E-state index contributed by atoms with van der Waals surface area (Å²) in [7, 11) is 0. The van der Waals surface area contributed by atoms with Crippen LogP contribution in [0.25, 0.3) is 0 Å². The number of nitrogens with one attached hydrogen (secondary N) is 1. The van der Waals surface area contributed by atoms with Gasteiger partial charge in [-0.1, -0.05) is 0 Å². The Morgan fingerprint density at radius 2 is 1.07 bits per heavy atom. The zero-order valence-electron chi connectivity index (χ0n) is 28.4. The van der Waals surface area contributed by atoms with Crippen molar-refractivity contribution in [3.63, 3.8) is 0 Å². The maximum atomic E-state index is 13.4. The molecule has 0 spiro atoms. The number of rotatable bonds is 7. The molecule has 2 aromatic carbocycles. The Morgan fingerprint density at radius 3 is 1.34 bits per heavy atom. The SMILES string of the molecule is O=C=O.[Ba+2].[CH2-]C(=O)N(CCNC(=O)OC(C)(c1c(C)c(C)c(C)c(C)c1C)c1c(C)c(C)c(C)c(C)c1C)C(C)C.[H-]. The van der Waals surface area contributed by atoms with E-state index in [2.05, 4.69) is 81.5 Å². The molecule has 0 saturated carbocycles. The van der Waals surface area contributed by atoms with Crippen LogP contribution in [0.1, 0.15) is 89.0 Å². The summed E-state index contributed by atoms with van der Waals surface area (Å²) >= 11 is 0. The summed E-state index contributed by atoms with van der Waals surface area (Å²) in [5.74, 6) is -0.260. The molecular weight excluding hydrogens is 642 g/mol. The molecule has 0 radical (unpaired) electrons. The molecule has 0 aliphatic rings. The summed E-state index contributed by atoms with van der Waals surface area (Å²) in [4.78, 5) is 43.1. The second-order valence-electron chi connectivity index (χ2n) is 11.1. The fourth-order valence-electron chi connectivity index (χ4n) is 5.83. The summed E-state index contributed by atoms with van der Waals surface area (Å²) in [6, 6.07) is 0.000650. The zero-order valence-corrected chi connectivity index (χ0v) is 31.8. The minimum absolute atomic E-state index is 0. The number of amides is 2. The number of nitrogens with zero attached hydrogens (tertiary/aromatic N) is 1. The van der Waals surface area contributed by atoms with E-state index in [0.717, 1.165) is 33.4 Å². The largest absolute Gasteiger partial charge is 2.00 e. The van der Waals surface area contributed by atoms with Gasteiger partial charge in [-0.2, -0.15) is 9.59 Å². The molecule has 0 atom stereocenters. The molecule has 0 unspecified atom stereocenters. The fraction of sp³-hybridized carbons (Fsp3) is 0.515. The van der Waals surface area contributed by atoms with Gasteiger partial charge in [-0.3, -0.25) is 0 Å². The van der Waals surface area contributed by atoms with Crippen molar-refractivity contribution in [2.24, 2.45) is 0 Å². The van der Waals surface area contributed by atoms with Gasteiger partial charge in [0.2, 0.25) is 0 Å². The minimum atomic E-state index is -1.02. The molecule has 0 heterocycles. The van der Waals surface area contributed by atoms with Crippen molar-refractivity contribution in [3.05, 3.63) is 73.7 Å². The van der Waals surface area contributed by atoms with E-state index in [0.29, 0.717) is 6.54 Å². The molecule has 7 nitrogen and oxygen atoms in total. The second kappa shape index (κ2) is 16.0. The van der Waals surface area contributed by atoms with Crippen LogP contribution >= 0.6 is 0 Å². The van der Waals surface area contributed by atoms with Crippen LogP contribution in [0.3, 0.4) is 0 Å². The summed E-state index contributed by atoms with van der Waals surface area (Å²) in [5.41, 5.74) is 13.0. The molecule has 0 saturated heterocycles. The molecule has 41 heavy (non-hydrogen) atoms. The molecule has 0 fully saturated rings. The van der Waals surface area contributed by atoms with Gasteiger partial charge in [0.25, 0.3) is 0 Å². The van der Waals surface area contributed by atoms with Crippen molar-refractivity contribution in [2.75, 3.05) is 13.1 Å². The van der Waals surface area contributed by atoms with Gasteiger partial charge < -0.3 is 28.1 Å². The average Bonchev–Trinajstić information content (AvgIpc) is 2.86. The summed E-state index contributed by atoms with van der Waals surface area (Å²) in [6.45, 7) is 31.4. The standard InChI is InChI=1S/C32H47N2O3.CO2.Ba.H/c1-17(2)34(28(13)35)16-15-33-31(36)37-32(14,29-24(9)20(5)18(3)21(6)25(29)10)30-26(11)22(7)19(4)23(8)27(30)12;2-1-3;;/h17H,13,15-16H2,1-12,14H3,(H,33,36);;;/q-1;;+2;-1. The number of hydrogen-bond acceptors (Lipinski definition) is 5. The van der Waals surface area contributed by atoms with Gasteiger partial charge >= 0.3 is 61.1 Å². The molecule has 1 N–H and O–H groups in total. The van der Waals surface area contributed by atoms with Gasteiger partial charge in [0, 0.05) is 30.3 Å². The van der Waals surface area contributed by atoms with Crippen LogP contribution in [0.4, 0.5) is 4.79 Å². The molecule has 2 rings (SSSR count). The van der Waals surface area contributed by atoms with Crippen LogP contribution in [0.5, 0.6) is 0 Å². The van der Waals surface area contributed by atoms with E-state index in [4.69, 9.17) is 14.3 Å². The smallest absolute Gasteiger partial charge is 1.00 e. The van der Waals surface area contributed by atoms with Crippen LogP contribution in [0, 0.1) is 76.2 Å². The third-order valence-electron chi connectivity index (χ3n) is 8.82. The maximum absolute atomic E-state index is 13.4. The Labute approximate surface area is 288 Å². The van der Waals surface area contributed by atoms with Crippen LogP contribution in [0.2, 0.25) is 0 Å². The Bertz CT molecular complexity index is 1200. The topological polar surface area (TPSA) is 92.8 Å². The quantitative estimate of drug-likeness (QED) is 0.285. The molecule has 0 aromatic heterocycles. The Hall–Kier alpha value is -2.00. The number of alkyl carbamates (subject to hydrolysis) is 1. The van der Waals surface area contributed by atoms with Gasteiger partial charge in [0.05, 0.1) is 5.91 Å². The monoisotopic (exact) mass is 690 g/mol. The Morgan fingerprint density at radius 1 is 0.780 bits per heavy atom. The van der Waals surface area contributed by atoms with Gasteiger partial charge in [-0.25, -0.2) is 4.79 Å². The normalized spacial score (nSPS) is 10.7. The van der Waals surface area contributed by atoms with E-state index in [1.54, 1.807) is 4.90 Å². The van der Waals surface area contributed by atoms with Crippen molar-refractivity contribution < 1.29 is 25.3 Å². The summed E-state index contributed by atoms with van der Waals surface area (Å²) < 4.78 is 6.47. The van der Waals surface area contributed by atoms with Gasteiger partial charge in [0.1, 0.15) is 0 Å². The van der Waals surface area contributed by atoms with E-state index in [-0.39, 0.29) is 75.0 Å². The molecular formula is C33H48BaN2O5.